The smallest absolute Gasteiger partial charge is 0.316 e. The molecule has 0 saturated carbocycles. The van der Waals surface area contributed by atoms with Gasteiger partial charge in [-0.05, 0) is 43.7 Å². The van der Waals surface area contributed by atoms with E-state index in [9.17, 15) is 9.59 Å². The minimum Gasteiger partial charge on any atom is -0.339 e. The Kier molecular flexibility index (Phi) is 4.72. The fourth-order valence-corrected chi connectivity index (χ4v) is 3.57. The lowest BCUT2D eigenvalue weighted by molar-refractivity contribution is 0.385. The maximum atomic E-state index is 12.2. The van der Waals surface area contributed by atoms with Crippen LogP contribution < -0.4 is 11.1 Å². The zero-order valence-corrected chi connectivity index (χ0v) is 16.9. The van der Waals surface area contributed by atoms with Crippen LogP contribution in [0.15, 0.2) is 61.0 Å². The van der Waals surface area contributed by atoms with Gasteiger partial charge < -0.3 is 9.51 Å². The summed E-state index contributed by atoms with van der Waals surface area (Å²) in [6, 6.07) is 13.1. The SMILES string of the molecule is CC(C)n1c(=O)c(=O)[nH]c2cc(-c3noc(Cc4ccccc4Br)n3)ccc21. The van der Waals surface area contributed by atoms with E-state index < -0.39 is 11.1 Å². The molecule has 0 radical (unpaired) electrons. The summed E-state index contributed by atoms with van der Waals surface area (Å²) in [6.45, 7) is 3.72. The predicted molar refractivity (Wildman–Crippen MR) is 109 cm³/mol. The minimum absolute atomic E-state index is 0.135. The molecule has 0 atom stereocenters. The van der Waals surface area contributed by atoms with E-state index >= 15 is 0 Å². The van der Waals surface area contributed by atoms with Crippen molar-refractivity contribution in [3.63, 3.8) is 0 Å². The second kappa shape index (κ2) is 7.20. The quantitative estimate of drug-likeness (QED) is 0.488. The summed E-state index contributed by atoms with van der Waals surface area (Å²) in [5, 5.41) is 4.05. The van der Waals surface area contributed by atoms with Crippen molar-refractivity contribution < 1.29 is 4.52 Å². The van der Waals surface area contributed by atoms with E-state index in [1.807, 2.05) is 44.2 Å². The van der Waals surface area contributed by atoms with Crippen LogP contribution in [0, 0.1) is 0 Å². The third kappa shape index (κ3) is 3.31. The first-order chi connectivity index (χ1) is 13.4. The van der Waals surface area contributed by atoms with Gasteiger partial charge in [0.25, 0.3) is 0 Å². The van der Waals surface area contributed by atoms with Gasteiger partial charge in [0.05, 0.1) is 17.5 Å². The molecule has 0 bridgehead atoms. The van der Waals surface area contributed by atoms with Gasteiger partial charge in [-0.1, -0.05) is 39.3 Å². The highest BCUT2D eigenvalue weighted by Gasteiger charge is 2.14. The first-order valence-electron chi connectivity index (χ1n) is 8.79. The number of fused-ring (bicyclic) bond motifs is 1. The van der Waals surface area contributed by atoms with Crippen LogP contribution >= 0.6 is 15.9 Å². The third-order valence-corrected chi connectivity index (χ3v) is 5.23. The van der Waals surface area contributed by atoms with Gasteiger partial charge in [-0.15, -0.1) is 0 Å². The van der Waals surface area contributed by atoms with Crippen LogP contribution in [0.5, 0.6) is 0 Å². The lowest BCUT2D eigenvalue weighted by Gasteiger charge is -2.13. The van der Waals surface area contributed by atoms with Gasteiger partial charge in [-0.25, -0.2) is 0 Å². The Morgan fingerprint density at radius 3 is 2.71 bits per heavy atom. The van der Waals surface area contributed by atoms with Crippen LogP contribution in [0.25, 0.3) is 22.4 Å². The van der Waals surface area contributed by atoms with Crippen molar-refractivity contribution in [2.24, 2.45) is 0 Å². The van der Waals surface area contributed by atoms with Crippen LogP contribution in [-0.4, -0.2) is 19.7 Å². The molecule has 7 nitrogen and oxygen atoms in total. The highest BCUT2D eigenvalue weighted by molar-refractivity contribution is 9.10. The summed E-state index contributed by atoms with van der Waals surface area (Å²) in [6.07, 6.45) is 0.506. The Bertz CT molecular complexity index is 1290. The van der Waals surface area contributed by atoms with E-state index in [2.05, 4.69) is 31.1 Å². The molecule has 8 heteroatoms. The molecule has 0 unspecified atom stereocenters. The summed E-state index contributed by atoms with van der Waals surface area (Å²) in [5.74, 6) is 0.912. The van der Waals surface area contributed by atoms with Crippen LogP contribution in [0.4, 0.5) is 0 Å². The molecular weight excluding hydrogens is 424 g/mol. The number of aromatic amines is 1. The van der Waals surface area contributed by atoms with E-state index in [1.54, 1.807) is 12.1 Å². The van der Waals surface area contributed by atoms with Crippen LogP contribution in [0.1, 0.15) is 31.3 Å². The van der Waals surface area contributed by atoms with Crippen molar-refractivity contribution in [3.8, 4) is 11.4 Å². The zero-order chi connectivity index (χ0) is 19.8. The van der Waals surface area contributed by atoms with E-state index in [1.165, 1.54) is 4.57 Å². The molecule has 4 aromatic rings. The number of halogens is 1. The molecule has 0 aliphatic heterocycles. The van der Waals surface area contributed by atoms with Crippen molar-refractivity contribution in [1.29, 1.82) is 0 Å². The fourth-order valence-electron chi connectivity index (χ4n) is 3.14. The van der Waals surface area contributed by atoms with Crippen molar-refractivity contribution >= 4 is 27.0 Å². The molecule has 0 aliphatic carbocycles. The topological polar surface area (TPSA) is 93.8 Å². The summed E-state index contributed by atoms with van der Waals surface area (Å²) >= 11 is 3.51. The van der Waals surface area contributed by atoms with E-state index in [4.69, 9.17) is 4.52 Å². The molecule has 1 N–H and O–H groups in total. The molecular formula is C20H17BrN4O3. The Morgan fingerprint density at radius 2 is 1.96 bits per heavy atom. The van der Waals surface area contributed by atoms with Crippen LogP contribution in [-0.2, 0) is 6.42 Å². The van der Waals surface area contributed by atoms with Gasteiger partial charge in [0.1, 0.15) is 0 Å². The van der Waals surface area contributed by atoms with Crippen molar-refractivity contribution in [2.75, 3.05) is 0 Å². The number of aromatic nitrogens is 4. The minimum atomic E-state index is -0.652. The molecule has 0 saturated heterocycles. The fraction of sp³-hybridized carbons (Fsp3) is 0.200. The molecule has 2 aromatic carbocycles. The Morgan fingerprint density at radius 1 is 1.18 bits per heavy atom. The number of rotatable bonds is 4. The number of nitrogens with zero attached hydrogens (tertiary/aromatic N) is 3. The highest BCUT2D eigenvalue weighted by Crippen LogP contribution is 2.23. The molecule has 2 aromatic heterocycles. The monoisotopic (exact) mass is 440 g/mol. The van der Waals surface area contributed by atoms with Gasteiger partial charge in [-0.2, -0.15) is 4.98 Å². The molecule has 142 valence electrons. The molecule has 2 heterocycles. The van der Waals surface area contributed by atoms with Gasteiger partial charge in [0, 0.05) is 16.1 Å². The van der Waals surface area contributed by atoms with Crippen LogP contribution in [0.2, 0.25) is 0 Å². The molecule has 28 heavy (non-hydrogen) atoms. The van der Waals surface area contributed by atoms with Gasteiger partial charge in [0.2, 0.25) is 11.7 Å². The Hall–Kier alpha value is -3.00. The average Bonchev–Trinajstić information content (AvgIpc) is 3.12. The zero-order valence-electron chi connectivity index (χ0n) is 15.3. The predicted octanol–water partition coefficient (Wildman–Crippen LogP) is 3.67. The maximum Gasteiger partial charge on any atom is 0.316 e. The van der Waals surface area contributed by atoms with E-state index in [0.29, 0.717) is 34.7 Å². The Balaban J connectivity index is 1.73. The summed E-state index contributed by atoms with van der Waals surface area (Å²) in [5.41, 5.74) is 1.72. The van der Waals surface area contributed by atoms with Crippen molar-refractivity contribution in [1.82, 2.24) is 19.7 Å². The number of hydrogen-bond acceptors (Lipinski definition) is 5. The summed E-state index contributed by atoms with van der Waals surface area (Å²) in [4.78, 5) is 31.3. The number of benzene rings is 2. The van der Waals surface area contributed by atoms with Crippen LogP contribution in [0.3, 0.4) is 0 Å². The van der Waals surface area contributed by atoms with Crippen molar-refractivity contribution in [3.05, 3.63) is 79.1 Å². The molecule has 0 spiro atoms. The highest BCUT2D eigenvalue weighted by atomic mass is 79.9. The lowest BCUT2D eigenvalue weighted by Crippen LogP contribution is -2.37. The molecule has 0 aliphatic rings. The van der Waals surface area contributed by atoms with Gasteiger partial charge in [0.15, 0.2) is 0 Å². The third-order valence-electron chi connectivity index (χ3n) is 4.46. The maximum absolute atomic E-state index is 12.2. The number of nitrogens with one attached hydrogen (secondary N) is 1. The molecule has 0 fully saturated rings. The van der Waals surface area contributed by atoms with Crippen molar-refractivity contribution in [2.45, 2.75) is 26.3 Å². The lowest BCUT2D eigenvalue weighted by atomic mass is 10.1. The average molecular weight is 441 g/mol. The Labute approximate surface area is 168 Å². The van der Waals surface area contributed by atoms with E-state index in [0.717, 1.165) is 10.0 Å². The summed E-state index contributed by atoms with van der Waals surface area (Å²) in [7, 11) is 0. The van der Waals surface area contributed by atoms with E-state index in [-0.39, 0.29) is 6.04 Å². The largest absolute Gasteiger partial charge is 0.339 e. The first-order valence-corrected chi connectivity index (χ1v) is 9.58. The second-order valence-corrected chi connectivity index (χ2v) is 7.59. The second-order valence-electron chi connectivity index (χ2n) is 6.73. The molecule has 4 rings (SSSR count). The number of hydrogen-bond donors (Lipinski definition) is 1. The molecule has 0 amide bonds. The normalized spacial score (nSPS) is 11.4. The number of H-pyrrole nitrogens is 1. The first kappa shape index (κ1) is 18.4. The summed E-state index contributed by atoms with van der Waals surface area (Å²) < 4.78 is 7.84. The standard InChI is InChI=1S/C20H17BrN4O3/c1-11(2)25-16-8-7-13(9-15(16)22-19(26)20(25)27)18-23-17(28-24-18)10-12-5-3-4-6-14(12)21/h3-9,11H,10H2,1-2H3,(H,22,26). The van der Waals surface area contributed by atoms with Gasteiger partial charge in [-0.3, -0.25) is 14.2 Å². The van der Waals surface area contributed by atoms with Gasteiger partial charge >= 0.3 is 11.1 Å².